The smallest absolute Gasteiger partial charge is 0.123 e. The van der Waals surface area contributed by atoms with Crippen molar-refractivity contribution in [2.75, 3.05) is 0 Å². The van der Waals surface area contributed by atoms with E-state index in [0.717, 1.165) is 11.1 Å². The van der Waals surface area contributed by atoms with Crippen LogP contribution in [0.3, 0.4) is 0 Å². The number of phenolic OH excluding ortho intramolecular Hbond substituents is 1. The number of para-hydroxylation sites is 1. The molecule has 0 spiro atoms. The van der Waals surface area contributed by atoms with Crippen molar-refractivity contribution >= 4 is 13.2 Å². The van der Waals surface area contributed by atoms with Crippen LogP contribution in [-0.4, -0.2) is 5.11 Å². The van der Waals surface area contributed by atoms with Crippen LogP contribution < -0.4 is 5.30 Å². The van der Waals surface area contributed by atoms with Gasteiger partial charge in [-0.15, -0.1) is 0 Å². The Balaban J connectivity index is 2.68. The first-order valence-corrected chi connectivity index (χ1v) is 8.87. The molecule has 0 heterocycles. The normalized spacial score (nSPS) is 14.0. The minimum Gasteiger partial charge on any atom is -0.507 e. The second-order valence-corrected chi connectivity index (χ2v) is 7.79. The van der Waals surface area contributed by atoms with E-state index in [1.165, 1.54) is 15.9 Å². The fourth-order valence-electron chi connectivity index (χ4n) is 2.51. The molecule has 2 aromatic carbocycles. The third-order valence-corrected chi connectivity index (χ3v) is 6.68. The summed E-state index contributed by atoms with van der Waals surface area (Å²) in [5, 5.41) is 14.3. The second kappa shape index (κ2) is 7.42. The molecule has 1 N–H and O–H groups in total. The summed E-state index contributed by atoms with van der Waals surface area (Å²) in [6.45, 7) is 8.58. The van der Waals surface area contributed by atoms with E-state index in [1.807, 2.05) is 24.3 Å². The SMILES string of the molecule is C/C=C(/C)P(/C(C)=C\C)c1ccccc1-c1ccccc1O. The van der Waals surface area contributed by atoms with Gasteiger partial charge in [0.2, 0.25) is 0 Å². The van der Waals surface area contributed by atoms with Gasteiger partial charge in [0.1, 0.15) is 5.75 Å². The molecule has 1 nitrogen and oxygen atoms in total. The molecule has 0 saturated carbocycles. The van der Waals surface area contributed by atoms with Gasteiger partial charge in [-0.3, -0.25) is 0 Å². The number of allylic oxidation sites excluding steroid dienone is 4. The topological polar surface area (TPSA) is 20.2 Å². The van der Waals surface area contributed by atoms with Gasteiger partial charge in [-0.25, -0.2) is 0 Å². The van der Waals surface area contributed by atoms with Crippen LogP contribution in [0.5, 0.6) is 5.75 Å². The lowest BCUT2D eigenvalue weighted by atomic mass is 10.0. The average Bonchev–Trinajstić information content (AvgIpc) is 2.55. The summed E-state index contributed by atoms with van der Waals surface area (Å²) in [4.78, 5) is 0. The highest BCUT2D eigenvalue weighted by atomic mass is 31.1. The lowest BCUT2D eigenvalue weighted by molar-refractivity contribution is 0.477. The van der Waals surface area contributed by atoms with Gasteiger partial charge in [0.25, 0.3) is 0 Å². The van der Waals surface area contributed by atoms with E-state index < -0.39 is 7.92 Å². The molecule has 0 aromatic heterocycles. The zero-order valence-corrected chi connectivity index (χ0v) is 14.6. The molecule has 0 radical (unpaired) electrons. The van der Waals surface area contributed by atoms with Crippen LogP contribution in [0.25, 0.3) is 11.1 Å². The van der Waals surface area contributed by atoms with E-state index >= 15 is 0 Å². The van der Waals surface area contributed by atoms with Gasteiger partial charge >= 0.3 is 0 Å². The average molecular weight is 310 g/mol. The van der Waals surface area contributed by atoms with E-state index in [2.05, 4.69) is 58.0 Å². The number of rotatable bonds is 4. The molecular weight excluding hydrogens is 287 g/mol. The minimum absolute atomic E-state index is 0.334. The molecular formula is C20H23OP. The van der Waals surface area contributed by atoms with Crippen molar-refractivity contribution in [2.45, 2.75) is 27.7 Å². The zero-order valence-electron chi connectivity index (χ0n) is 13.7. The van der Waals surface area contributed by atoms with Gasteiger partial charge in [0.15, 0.2) is 0 Å². The Morgan fingerprint density at radius 1 is 0.818 bits per heavy atom. The molecule has 2 rings (SSSR count). The van der Waals surface area contributed by atoms with Gasteiger partial charge < -0.3 is 5.11 Å². The number of aromatic hydroxyl groups is 1. The van der Waals surface area contributed by atoms with E-state index in [1.54, 1.807) is 6.07 Å². The first-order valence-electron chi connectivity index (χ1n) is 7.53. The van der Waals surface area contributed by atoms with Crippen LogP contribution in [0.4, 0.5) is 0 Å². The fourth-order valence-corrected chi connectivity index (χ4v) is 5.02. The van der Waals surface area contributed by atoms with Crippen LogP contribution >= 0.6 is 7.92 Å². The summed E-state index contributed by atoms with van der Waals surface area (Å²) in [5.41, 5.74) is 2.02. The lowest BCUT2D eigenvalue weighted by Gasteiger charge is -2.23. The Bertz CT molecular complexity index is 695. The predicted molar refractivity (Wildman–Crippen MR) is 99.0 cm³/mol. The van der Waals surface area contributed by atoms with Crippen molar-refractivity contribution in [3.05, 3.63) is 71.3 Å². The van der Waals surface area contributed by atoms with Gasteiger partial charge in [0.05, 0.1) is 0 Å². The van der Waals surface area contributed by atoms with Gasteiger partial charge in [0, 0.05) is 5.56 Å². The summed E-state index contributed by atoms with van der Waals surface area (Å²) in [6, 6.07) is 16.0. The molecule has 0 aliphatic carbocycles. The molecule has 114 valence electrons. The molecule has 0 aliphatic rings. The minimum atomic E-state index is -0.524. The summed E-state index contributed by atoms with van der Waals surface area (Å²) in [5.74, 6) is 0.334. The molecule has 0 unspecified atom stereocenters. The Hall–Kier alpha value is -1.85. The molecule has 2 heteroatoms. The summed E-state index contributed by atoms with van der Waals surface area (Å²) < 4.78 is 0. The third kappa shape index (κ3) is 3.31. The molecule has 0 bridgehead atoms. The van der Waals surface area contributed by atoms with Crippen LogP contribution in [0.2, 0.25) is 0 Å². The Labute approximate surface area is 134 Å². The quantitative estimate of drug-likeness (QED) is 0.685. The molecule has 0 saturated heterocycles. The van der Waals surface area contributed by atoms with Crippen molar-refractivity contribution in [3.63, 3.8) is 0 Å². The Morgan fingerprint density at radius 3 is 1.86 bits per heavy atom. The number of hydrogen-bond acceptors (Lipinski definition) is 1. The summed E-state index contributed by atoms with van der Waals surface area (Å²) in [7, 11) is -0.524. The van der Waals surface area contributed by atoms with Crippen LogP contribution in [0.15, 0.2) is 71.3 Å². The van der Waals surface area contributed by atoms with E-state index in [0.29, 0.717) is 5.75 Å². The van der Waals surface area contributed by atoms with Crippen LogP contribution in [0, 0.1) is 0 Å². The van der Waals surface area contributed by atoms with Crippen molar-refractivity contribution < 1.29 is 5.11 Å². The summed E-state index contributed by atoms with van der Waals surface area (Å²) >= 11 is 0. The zero-order chi connectivity index (χ0) is 16.1. The van der Waals surface area contributed by atoms with Crippen molar-refractivity contribution in [1.82, 2.24) is 0 Å². The fraction of sp³-hybridized carbons (Fsp3) is 0.200. The van der Waals surface area contributed by atoms with Gasteiger partial charge in [-0.1, -0.05) is 54.6 Å². The lowest BCUT2D eigenvalue weighted by Crippen LogP contribution is -2.06. The summed E-state index contributed by atoms with van der Waals surface area (Å²) in [6.07, 6.45) is 4.39. The highest BCUT2D eigenvalue weighted by Gasteiger charge is 2.19. The Kier molecular flexibility index (Phi) is 5.57. The molecule has 0 atom stereocenters. The second-order valence-electron chi connectivity index (χ2n) is 5.23. The number of phenols is 1. The molecule has 0 fully saturated rings. The van der Waals surface area contributed by atoms with Crippen LogP contribution in [-0.2, 0) is 0 Å². The highest BCUT2D eigenvalue weighted by Crippen LogP contribution is 2.52. The van der Waals surface area contributed by atoms with E-state index in [-0.39, 0.29) is 0 Å². The van der Waals surface area contributed by atoms with E-state index in [9.17, 15) is 5.11 Å². The maximum absolute atomic E-state index is 10.2. The number of hydrogen-bond donors (Lipinski definition) is 1. The standard InChI is InChI=1S/C20H23OP/c1-5-15(3)22(16(4)6-2)20-14-10-8-12-18(20)17-11-7-9-13-19(17)21/h5-14,21H,1-4H3/b15-5-,16-6-. The molecule has 22 heavy (non-hydrogen) atoms. The largest absolute Gasteiger partial charge is 0.507 e. The van der Waals surface area contributed by atoms with Crippen LogP contribution in [0.1, 0.15) is 27.7 Å². The van der Waals surface area contributed by atoms with Crippen molar-refractivity contribution in [2.24, 2.45) is 0 Å². The maximum atomic E-state index is 10.2. The first-order chi connectivity index (χ1) is 10.6. The molecule has 0 amide bonds. The highest BCUT2D eigenvalue weighted by molar-refractivity contribution is 7.73. The van der Waals surface area contributed by atoms with Crippen molar-refractivity contribution in [3.8, 4) is 16.9 Å². The van der Waals surface area contributed by atoms with Gasteiger partial charge in [-0.05, 0) is 63.2 Å². The van der Waals surface area contributed by atoms with Gasteiger partial charge in [-0.2, -0.15) is 0 Å². The van der Waals surface area contributed by atoms with Crippen molar-refractivity contribution in [1.29, 1.82) is 0 Å². The molecule has 2 aromatic rings. The third-order valence-electron chi connectivity index (χ3n) is 3.88. The number of benzene rings is 2. The predicted octanol–water partition coefficient (Wildman–Crippen LogP) is 6.01. The molecule has 0 aliphatic heterocycles. The Morgan fingerprint density at radius 2 is 1.32 bits per heavy atom. The maximum Gasteiger partial charge on any atom is 0.123 e. The first kappa shape index (κ1) is 16.5. The van der Waals surface area contributed by atoms with E-state index in [4.69, 9.17) is 0 Å². The monoisotopic (exact) mass is 310 g/mol.